The fraction of sp³-hybridized carbons (Fsp3) is 0.400. The highest BCUT2D eigenvalue weighted by Gasteiger charge is 2.17. The highest BCUT2D eigenvalue weighted by Crippen LogP contribution is 2.18. The van der Waals surface area contributed by atoms with Crippen molar-refractivity contribution in [2.75, 3.05) is 11.9 Å². The van der Waals surface area contributed by atoms with E-state index >= 15 is 0 Å². The van der Waals surface area contributed by atoms with E-state index in [0.29, 0.717) is 11.3 Å². The van der Waals surface area contributed by atoms with Crippen LogP contribution in [0.5, 0.6) is 0 Å². The lowest BCUT2D eigenvalue weighted by atomic mass is 10.3. The molecule has 2 aromatic rings. The minimum Gasteiger partial charge on any atom is -0.385 e. The number of pyridine rings is 1. The van der Waals surface area contributed by atoms with E-state index in [1.807, 2.05) is 7.05 Å². The Morgan fingerprint density at radius 1 is 1.47 bits per heavy atom. The highest BCUT2D eigenvalue weighted by molar-refractivity contribution is 5.85. The lowest BCUT2D eigenvalue weighted by Crippen LogP contribution is -2.27. The molecule has 0 aliphatic rings. The van der Waals surface area contributed by atoms with Crippen molar-refractivity contribution >= 4 is 16.9 Å². The van der Waals surface area contributed by atoms with Crippen LogP contribution in [0, 0.1) is 0 Å². The van der Waals surface area contributed by atoms with Gasteiger partial charge >= 0.3 is 0 Å². The first-order chi connectivity index (χ1) is 8.09. The monoisotopic (exact) mass is 242 g/mol. The second-order valence-electron chi connectivity index (χ2n) is 3.67. The second kappa shape index (κ2) is 4.62. The Kier molecular flexibility index (Phi) is 3.19. The lowest BCUT2D eigenvalue weighted by Gasteiger charge is -2.11. The molecule has 2 heterocycles. The van der Waals surface area contributed by atoms with E-state index in [4.69, 9.17) is 5.11 Å². The fourth-order valence-corrected chi connectivity index (χ4v) is 1.48. The molecule has 0 fully saturated rings. The first kappa shape index (κ1) is 11.7. The SMILES string of the molecule is Cn1cnc2c(NCC(O)C(F)F)nccc21. The quantitative estimate of drug-likeness (QED) is 0.839. The number of fused-ring (bicyclic) bond motifs is 1. The van der Waals surface area contributed by atoms with Gasteiger partial charge in [0.05, 0.1) is 11.8 Å². The number of rotatable bonds is 4. The van der Waals surface area contributed by atoms with Crippen molar-refractivity contribution in [1.29, 1.82) is 0 Å². The molecular formula is C10H12F2N4O. The Morgan fingerprint density at radius 2 is 2.24 bits per heavy atom. The standard InChI is InChI=1S/C10H12F2N4O/c1-16-5-15-8-6(16)2-3-13-10(8)14-4-7(17)9(11)12/h2-3,5,7,9,17H,4H2,1H3,(H,13,14). The molecule has 1 atom stereocenters. The van der Waals surface area contributed by atoms with E-state index < -0.39 is 12.5 Å². The van der Waals surface area contributed by atoms with Crippen LogP contribution in [0.15, 0.2) is 18.6 Å². The molecule has 17 heavy (non-hydrogen) atoms. The summed E-state index contributed by atoms with van der Waals surface area (Å²) in [6.45, 7) is -0.264. The van der Waals surface area contributed by atoms with Crippen molar-refractivity contribution in [3.63, 3.8) is 0 Å². The Hall–Kier alpha value is -1.76. The van der Waals surface area contributed by atoms with Crippen LogP contribution in [0.1, 0.15) is 0 Å². The summed E-state index contributed by atoms with van der Waals surface area (Å²) in [4.78, 5) is 8.12. The third-order valence-electron chi connectivity index (χ3n) is 2.41. The van der Waals surface area contributed by atoms with Crippen LogP contribution in [0.25, 0.3) is 11.0 Å². The number of hydrogen-bond acceptors (Lipinski definition) is 4. The summed E-state index contributed by atoms with van der Waals surface area (Å²) < 4.78 is 26.0. The molecule has 0 aromatic carbocycles. The van der Waals surface area contributed by atoms with Crippen molar-refractivity contribution in [3.05, 3.63) is 18.6 Å². The van der Waals surface area contributed by atoms with Crippen molar-refractivity contribution in [1.82, 2.24) is 14.5 Å². The molecule has 1 unspecified atom stereocenters. The topological polar surface area (TPSA) is 63.0 Å². The zero-order valence-corrected chi connectivity index (χ0v) is 9.14. The predicted molar refractivity (Wildman–Crippen MR) is 59.0 cm³/mol. The number of anilines is 1. The third-order valence-corrected chi connectivity index (χ3v) is 2.41. The van der Waals surface area contributed by atoms with Gasteiger partial charge in [0.15, 0.2) is 5.82 Å². The maximum Gasteiger partial charge on any atom is 0.265 e. The normalized spacial score (nSPS) is 13.2. The van der Waals surface area contributed by atoms with Crippen molar-refractivity contribution < 1.29 is 13.9 Å². The highest BCUT2D eigenvalue weighted by atomic mass is 19.3. The fourth-order valence-electron chi connectivity index (χ4n) is 1.48. The number of imidazole rings is 1. The van der Waals surface area contributed by atoms with Crippen LogP contribution in [0.4, 0.5) is 14.6 Å². The molecule has 2 N–H and O–H groups in total. The number of aryl methyl sites for hydroxylation is 1. The van der Waals surface area contributed by atoms with Gasteiger partial charge in [-0.2, -0.15) is 0 Å². The smallest absolute Gasteiger partial charge is 0.265 e. The molecule has 0 aliphatic carbocycles. The molecule has 7 heteroatoms. The largest absolute Gasteiger partial charge is 0.385 e. The summed E-state index contributed by atoms with van der Waals surface area (Å²) in [5.74, 6) is 0.391. The summed E-state index contributed by atoms with van der Waals surface area (Å²) in [7, 11) is 1.83. The Bertz CT molecular complexity index is 514. The van der Waals surface area contributed by atoms with E-state index in [0.717, 1.165) is 5.52 Å². The zero-order chi connectivity index (χ0) is 12.4. The lowest BCUT2D eigenvalue weighted by molar-refractivity contribution is 0.00382. The van der Waals surface area contributed by atoms with Gasteiger partial charge in [0, 0.05) is 19.8 Å². The molecule has 5 nitrogen and oxygen atoms in total. The van der Waals surface area contributed by atoms with Crippen LogP contribution in [-0.2, 0) is 7.05 Å². The molecule has 0 saturated carbocycles. The number of hydrogen-bond donors (Lipinski definition) is 2. The van der Waals surface area contributed by atoms with Gasteiger partial charge in [-0.1, -0.05) is 0 Å². The number of nitrogens with one attached hydrogen (secondary N) is 1. The summed E-state index contributed by atoms with van der Waals surface area (Å²) in [5, 5.41) is 11.7. The zero-order valence-electron chi connectivity index (χ0n) is 9.14. The summed E-state index contributed by atoms with van der Waals surface area (Å²) >= 11 is 0. The van der Waals surface area contributed by atoms with Gasteiger partial charge in [-0.25, -0.2) is 18.7 Å². The van der Waals surface area contributed by atoms with E-state index in [1.54, 1.807) is 23.2 Å². The van der Waals surface area contributed by atoms with Crippen molar-refractivity contribution in [3.8, 4) is 0 Å². The Labute approximate surface area is 96.1 Å². The van der Waals surface area contributed by atoms with Crippen molar-refractivity contribution in [2.24, 2.45) is 7.05 Å². The molecule has 0 bridgehead atoms. The number of aliphatic hydroxyl groups is 1. The van der Waals surface area contributed by atoms with Crippen LogP contribution in [0.2, 0.25) is 0 Å². The molecule has 0 radical (unpaired) electrons. The molecule has 0 aliphatic heterocycles. The summed E-state index contributed by atoms with van der Waals surface area (Å²) in [5.41, 5.74) is 1.44. The number of nitrogens with zero attached hydrogens (tertiary/aromatic N) is 3. The maximum atomic E-state index is 12.1. The maximum absolute atomic E-state index is 12.1. The van der Waals surface area contributed by atoms with Crippen LogP contribution in [-0.4, -0.2) is 38.7 Å². The molecule has 2 rings (SSSR count). The number of aromatic nitrogens is 3. The minimum absolute atomic E-state index is 0.264. The third kappa shape index (κ3) is 2.33. The van der Waals surface area contributed by atoms with Gasteiger partial charge < -0.3 is 15.0 Å². The summed E-state index contributed by atoms with van der Waals surface area (Å²) in [6, 6.07) is 1.77. The minimum atomic E-state index is -2.77. The summed E-state index contributed by atoms with van der Waals surface area (Å²) in [6.07, 6.45) is -1.32. The van der Waals surface area contributed by atoms with Gasteiger partial charge in [-0.05, 0) is 6.07 Å². The van der Waals surface area contributed by atoms with Gasteiger partial charge in [0.1, 0.15) is 11.6 Å². The molecule has 2 aromatic heterocycles. The number of halogens is 2. The predicted octanol–water partition coefficient (Wildman–Crippen LogP) is 1.01. The Balaban J connectivity index is 2.19. The molecule has 92 valence electrons. The molecule has 0 spiro atoms. The van der Waals surface area contributed by atoms with E-state index in [9.17, 15) is 8.78 Å². The average Bonchev–Trinajstić information content (AvgIpc) is 2.69. The van der Waals surface area contributed by atoms with Crippen molar-refractivity contribution in [2.45, 2.75) is 12.5 Å². The van der Waals surface area contributed by atoms with E-state index in [1.165, 1.54) is 0 Å². The van der Waals surface area contributed by atoms with Crippen LogP contribution in [0.3, 0.4) is 0 Å². The number of alkyl halides is 2. The van der Waals surface area contributed by atoms with Crippen LogP contribution >= 0.6 is 0 Å². The van der Waals surface area contributed by atoms with Crippen LogP contribution < -0.4 is 5.32 Å². The molecular weight excluding hydrogens is 230 g/mol. The Morgan fingerprint density at radius 3 is 2.94 bits per heavy atom. The first-order valence-electron chi connectivity index (χ1n) is 5.05. The average molecular weight is 242 g/mol. The molecule has 0 amide bonds. The first-order valence-corrected chi connectivity index (χ1v) is 5.05. The van der Waals surface area contributed by atoms with E-state index in [2.05, 4.69) is 15.3 Å². The molecule has 0 saturated heterocycles. The van der Waals surface area contributed by atoms with Gasteiger partial charge in [0.2, 0.25) is 0 Å². The van der Waals surface area contributed by atoms with Gasteiger partial charge in [-0.15, -0.1) is 0 Å². The van der Waals surface area contributed by atoms with Gasteiger partial charge in [0.25, 0.3) is 6.43 Å². The van der Waals surface area contributed by atoms with Gasteiger partial charge in [-0.3, -0.25) is 0 Å². The number of aliphatic hydroxyl groups excluding tert-OH is 1. The second-order valence-corrected chi connectivity index (χ2v) is 3.67. The van der Waals surface area contributed by atoms with E-state index in [-0.39, 0.29) is 6.54 Å².